The van der Waals surface area contributed by atoms with Crippen molar-refractivity contribution >= 4 is 32.7 Å². The summed E-state index contributed by atoms with van der Waals surface area (Å²) in [5.74, 6) is 0.705. The third-order valence-corrected chi connectivity index (χ3v) is 3.04. The van der Waals surface area contributed by atoms with E-state index < -0.39 is 6.10 Å². The van der Waals surface area contributed by atoms with Gasteiger partial charge < -0.3 is 15.2 Å². The van der Waals surface area contributed by atoms with Crippen LogP contribution in [0.3, 0.4) is 0 Å². The van der Waals surface area contributed by atoms with Crippen LogP contribution in [0.5, 0.6) is 0 Å². The standard InChI is InChI=1S/C12H14BrN3O2/c1-18-7-8(17)5-15-12-9-3-2-4-14-11(9)10(13)6-16-12/h2-4,6,8,17H,5,7H2,1H3,(H,15,16). The lowest BCUT2D eigenvalue weighted by atomic mass is 10.2. The second-order valence-corrected chi connectivity index (χ2v) is 4.70. The highest BCUT2D eigenvalue weighted by atomic mass is 79.9. The fourth-order valence-corrected chi connectivity index (χ4v) is 2.06. The van der Waals surface area contributed by atoms with Crippen LogP contribution in [0.2, 0.25) is 0 Å². The van der Waals surface area contributed by atoms with E-state index in [1.165, 1.54) is 0 Å². The van der Waals surface area contributed by atoms with Gasteiger partial charge in [0.2, 0.25) is 0 Å². The van der Waals surface area contributed by atoms with Crippen LogP contribution in [0.4, 0.5) is 5.82 Å². The van der Waals surface area contributed by atoms with E-state index in [1.54, 1.807) is 19.5 Å². The molecule has 0 aromatic carbocycles. The zero-order valence-electron chi connectivity index (χ0n) is 9.93. The first-order valence-corrected chi connectivity index (χ1v) is 6.31. The maximum atomic E-state index is 9.60. The van der Waals surface area contributed by atoms with E-state index in [4.69, 9.17) is 4.74 Å². The quantitative estimate of drug-likeness (QED) is 0.881. The highest BCUT2D eigenvalue weighted by Gasteiger charge is 2.08. The van der Waals surface area contributed by atoms with Crippen LogP contribution in [0, 0.1) is 0 Å². The van der Waals surface area contributed by atoms with E-state index in [1.807, 2.05) is 12.1 Å². The van der Waals surface area contributed by atoms with Crippen LogP contribution in [-0.4, -0.2) is 41.4 Å². The molecule has 0 saturated carbocycles. The summed E-state index contributed by atoms with van der Waals surface area (Å²) in [4.78, 5) is 8.58. The summed E-state index contributed by atoms with van der Waals surface area (Å²) in [6, 6.07) is 3.79. The van der Waals surface area contributed by atoms with Gasteiger partial charge in [-0.25, -0.2) is 4.98 Å². The van der Waals surface area contributed by atoms with E-state index in [2.05, 4.69) is 31.2 Å². The second-order valence-electron chi connectivity index (χ2n) is 3.84. The summed E-state index contributed by atoms with van der Waals surface area (Å²) in [6.45, 7) is 0.673. The van der Waals surface area contributed by atoms with Crippen LogP contribution >= 0.6 is 15.9 Å². The maximum Gasteiger partial charge on any atom is 0.135 e. The van der Waals surface area contributed by atoms with Gasteiger partial charge in [-0.15, -0.1) is 0 Å². The van der Waals surface area contributed by atoms with Gasteiger partial charge in [-0.2, -0.15) is 0 Å². The van der Waals surface area contributed by atoms with E-state index >= 15 is 0 Å². The molecule has 0 fully saturated rings. The van der Waals surface area contributed by atoms with Crippen molar-refractivity contribution in [3.8, 4) is 0 Å². The van der Waals surface area contributed by atoms with Crippen LogP contribution < -0.4 is 5.32 Å². The predicted octanol–water partition coefficient (Wildman–Crippen LogP) is 1.81. The second kappa shape index (κ2) is 6.08. The van der Waals surface area contributed by atoms with Crippen molar-refractivity contribution in [2.45, 2.75) is 6.10 Å². The van der Waals surface area contributed by atoms with Crippen LogP contribution in [-0.2, 0) is 4.74 Å². The van der Waals surface area contributed by atoms with E-state index in [9.17, 15) is 5.11 Å². The fourth-order valence-electron chi connectivity index (χ4n) is 1.65. The number of anilines is 1. The van der Waals surface area contributed by atoms with Crippen molar-refractivity contribution in [2.75, 3.05) is 25.6 Å². The lowest BCUT2D eigenvalue weighted by molar-refractivity contribution is 0.0727. The molecular weight excluding hydrogens is 298 g/mol. The number of aliphatic hydroxyl groups excluding tert-OH is 1. The average Bonchev–Trinajstić information content (AvgIpc) is 2.39. The van der Waals surface area contributed by atoms with Gasteiger partial charge >= 0.3 is 0 Å². The summed E-state index contributed by atoms with van der Waals surface area (Å²) < 4.78 is 5.72. The molecule has 0 spiro atoms. The number of methoxy groups -OCH3 is 1. The summed E-state index contributed by atoms with van der Waals surface area (Å²) in [5.41, 5.74) is 0.844. The van der Waals surface area contributed by atoms with Gasteiger partial charge in [0.15, 0.2) is 0 Å². The first-order valence-electron chi connectivity index (χ1n) is 5.52. The number of pyridine rings is 2. The van der Waals surface area contributed by atoms with Crippen LogP contribution in [0.25, 0.3) is 10.9 Å². The molecule has 5 nitrogen and oxygen atoms in total. The number of aromatic nitrogens is 2. The van der Waals surface area contributed by atoms with Crippen molar-refractivity contribution < 1.29 is 9.84 Å². The highest BCUT2D eigenvalue weighted by molar-refractivity contribution is 9.10. The predicted molar refractivity (Wildman–Crippen MR) is 73.6 cm³/mol. The molecule has 96 valence electrons. The van der Waals surface area contributed by atoms with Crippen LogP contribution in [0.1, 0.15) is 0 Å². The van der Waals surface area contributed by atoms with E-state index in [0.29, 0.717) is 19.0 Å². The van der Waals surface area contributed by atoms with Crippen molar-refractivity contribution in [2.24, 2.45) is 0 Å². The molecule has 0 aliphatic carbocycles. The maximum absolute atomic E-state index is 9.60. The molecule has 1 atom stereocenters. The third kappa shape index (κ3) is 2.95. The SMILES string of the molecule is COCC(O)CNc1ncc(Br)c2ncccc12. The number of fused-ring (bicyclic) bond motifs is 1. The first-order chi connectivity index (χ1) is 8.72. The summed E-state index contributed by atoms with van der Waals surface area (Å²) in [7, 11) is 1.56. The Hall–Kier alpha value is -1.24. The van der Waals surface area contributed by atoms with Crippen LogP contribution in [0.15, 0.2) is 29.0 Å². The van der Waals surface area contributed by atoms with E-state index in [0.717, 1.165) is 15.4 Å². The zero-order chi connectivity index (χ0) is 13.0. The van der Waals surface area contributed by atoms with Gasteiger partial charge in [0.1, 0.15) is 5.82 Å². The summed E-state index contributed by atoms with van der Waals surface area (Å²) >= 11 is 3.41. The smallest absolute Gasteiger partial charge is 0.135 e. The van der Waals surface area contributed by atoms with Gasteiger partial charge in [-0.05, 0) is 28.1 Å². The molecule has 6 heteroatoms. The topological polar surface area (TPSA) is 67.3 Å². The summed E-state index contributed by atoms with van der Waals surface area (Å²) in [6.07, 6.45) is 2.86. The molecule has 1 unspecified atom stereocenters. The molecule has 2 heterocycles. The molecule has 2 rings (SSSR count). The lowest BCUT2D eigenvalue weighted by Crippen LogP contribution is -2.24. The molecular formula is C12H14BrN3O2. The lowest BCUT2D eigenvalue weighted by Gasteiger charge is -2.12. The Kier molecular flexibility index (Phi) is 4.46. The Morgan fingerprint density at radius 3 is 3.11 bits per heavy atom. The number of halogens is 1. The van der Waals surface area contributed by atoms with Gasteiger partial charge in [-0.3, -0.25) is 4.98 Å². The average molecular weight is 312 g/mol. The molecule has 2 aromatic heterocycles. The Balaban J connectivity index is 2.21. The summed E-state index contributed by atoms with van der Waals surface area (Å²) in [5, 5.41) is 13.6. The van der Waals surface area contributed by atoms with E-state index in [-0.39, 0.29) is 0 Å². The number of nitrogens with zero attached hydrogens (tertiary/aromatic N) is 2. The monoisotopic (exact) mass is 311 g/mol. The van der Waals surface area contributed by atoms with Crippen molar-refractivity contribution in [3.63, 3.8) is 0 Å². The number of hydrogen-bond donors (Lipinski definition) is 2. The number of nitrogens with one attached hydrogen (secondary N) is 1. The minimum Gasteiger partial charge on any atom is -0.389 e. The minimum absolute atomic E-state index is 0.291. The number of hydrogen-bond acceptors (Lipinski definition) is 5. The molecule has 0 aliphatic rings. The molecule has 2 aromatic rings. The molecule has 0 bridgehead atoms. The fraction of sp³-hybridized carbons (Fsp3) is 0.333. The van der Waals surface area contributed by atoms with Gasteiger partial charge in [0.05, 0.1) is 22.7 Å². The molecule has 0 aliphatic heterocycles. The first kappa shape index (κ1) is 13.2. The molecule has 0 saturated heterocycles. The Morgan fingerprint density at radius 1 is 1.50 bits per heavy atom. The van der Waals surface area contributed by atoms with Crippen molar-refractivity contribution in [1.82, 2.24) is 9.97 Å². The number of rotatable bonds is 5. The highest BCUT2D eigenvalue weighted by Crippen LogP contribution is 2.25. The Morgan fingerprint density at radius 2 is 2.33 bits per heavy atom. The third-order valence-electron chi connectivity index (χ3n) is 2.46. The molecule has 18 heavy (non-hydrogen) atoms. The Labute approximate surface area is 113 Å². The molecule has 2 N–H and O–H groups in total. The normalized spacial score (nSPS) is 12.6. The van der Waals surface area contributed by atoms with Crippen molar-refractivity contribution in [3.05, 3.63) is 29.0 Å². The minimum atomic E-state index is -0.563. The number of aliphatic hydroxyl groups is 1. The molecule has 0 amide bonds. The van der Waals surface area contributed by atoms with Gasteiger partial charge in [-0.1, -0.05) is 0 Å². The van der Waals surface area contributed by atoms with Gasteiger partial charge in [0, 0.05) is 31.4 Å². The largest absolute Gasteiger partial charge is 0.389 e. The molecule has 0 radical (unpaired) electrons. The van der Waals surface area contributed by atoms with Gasteiger partial charge in [0.25, 0.3) is 0 Å². The number of ether oxygens (including phenoxy) is 1. The zero-order valence-corrected chi connectivity index (χ0v) is 11.5. The van der Waals surface area contributed by atoms with Crippen molar-refractivity contribution in [1.29, 1.82) is 0 Å². The Bertz CT molecular complexity index is 536.